The normalized spacial score (nSPS) is 18.1. The monoisotopic (exact) mass is 516 g/mol. The number of guanidine groups is 1. The highest BCUT2D eigenvalue weighted by Gasteiger charge is 2.31. The number of amides is 2. The van der Waals surface area contributed by atoms with Gasteiger partial charge in [0.05, 0.1) is 6.54 Å². The molecular formula is C29H36N6O3. The summed E-state index contributed by atoms with van der Waals surface area (Å²) < 4.78 is 0. The molecule has 2 saturated heterocycles. The van der Waals surface area contributed by atoms with E-state index in [1.165, 1.54) is 0 Å². The number of carbonyl (C=O) groups is 2. The van der Waals surface area contributed by atoms with E-state index in [1.807, 2.05) is 58.5 Å². The second-order valence-electron chi connectivity index (χ2n) is 9.83. The maximum Gasteiger partial charge on any atom is 0.247 e. The number of nitrogens with one attached hydrogen (secondary N) is 1. The number of hydrogen-bond donors (Lipinski definition) is 2. The molecule has 2 amide bonds. The maximum absolute atomic E-state index is 13.5. The van der Waals surface area contributed by atoms with Crippen molar-refractivity contribution >= 4 is 17.8 Å². The third-order valence-electron chi connectivity index (χ3n) is 7.15. The van der Waals surface area contributed by atoms with Gasteiger partial charge in [-0.3, -0.25) is 14.9 Å². The van der Waals surface area contributed by atoms with Crippen molar-refractivity contribution in [3.8, 4) is 11.9 Å². The highest BCUT2D eigenvalue weighted by atomic mass is 16.3. The van der Waals surface area contributed by atoms with E-state index in [-0.39, 0.29) is 30.1 Å². The molecule has 0 spiro atoms. The van der Waals surface area contributed by atoms with Gasteiger partial charge in [0.15, 0.2) is 6.19 Å². The Balaban J connectivity index is 1.57. The average molecular weight is 517 g/mol. The van der Waals surface area contributed by atoms with Crippen LogP contribution in [0.15, 0.2) is 59.6 Å². The van der Waals surface area contributed by atoms with Gasteiger partial charge >= 0.3 is 0 Å². The van der Waals surface area contributed by atoms with Gasteiger partial charge < -0.3 is 19.8 Å². The van der Waals surface area contributed by atoms with Gasteiger partial charge in [0.1, 0.15) is 11.8 Å². The van der Waals surface area contributed by atoms with Crippen molar-refractivity contribution in [1.29, 1.82) is 5.26 Å². The number of phenols is 1. The molecule has 2 fully saturated rings. The smallest absolute Gasteiger partial charge is 0.247 e. The molecule has 2 aromatic carbocycles. The highest BCUT2D eigenvalue weighted by molar-refractivity contribution is 5.90. The molecule has 2 aliphatic heterocycles. The lowest BCUT2D eigenvalue weighted by Gasteiger charge is -2.28. The van der Waals surface area contributed by atoms with Crippen LogP contribution in [0.25, 0.3) is 0 Å². The van der Waals surface area contributed by atoms with E-state index in [9.17, 15) is 20.0 Å². The number of aromatic hydroxyl groups is 1. The molecule has 2 aromatic rings. The summed E-state index contributed by atoms with van der Waals surface area (Å²) in [6, 6.07) is 16.4. The minimum absolute atomic E-state index is 0.0140. The van der Waals surface area contributed by atoms with Crippen LogP contribution in [0.4, 0.5) is 0 Å². The van der Waals surface area contributed by atoms with E-state index in [1.54, 1.807) is 17.0 Å². The summed E-state index contributed by atoms with van der Waals surface area (Å²) in [5, 5.41) is 22.7. The van der Waals surface area contributed by atoms with Gasteiger partial charge in [-0.15, -0.1) is 0 Å². The molecule has 0 bridgehead atoms. The predicted octanol–water partition coefficient (Wildman–Crippen LogP) is 2.87. The number of phenolic OH excluding ortho intramolecular Hbond substituents is 1. The Morgan fingerprint density at radius 3 is 2.50 bits per heavy atom. The second-order valence-corrected chi connectivity index (χ2v) is 9.83. The molecule has 9 nitrogen and oxygen atoms in total. The number of aliphatic imine (C=N–C) groups is 1. The number of benzene rings is 2. The van der Waals surface area contributed by atoms with E-state index >= 15 is 0 Å². The molecule has 9 heteroatoms. The van der Waals surface area contributed by atoms with Gasteiger partial charge in [-0.1, -0.05) is 48.5 Å². The summed E-state index contributed by atoms with van der Waals surface area (Å²) in [5.74, 6) is 0.251. The number of hydrogen-bond acceptors (Lipinski definition) is 5. The van der Waals surface area contributed by atoms with E-state index in [0.29, 0.717) is 38.0 Å². The molecule has 0 aromatic heterocycles. The van der Waals surface area contributed by atoms with E-state index in [4.69, 9.17) is 4.99 Å². The van der Waals surface area contributed by atoms with Gasteiger partial charge in [-0.25, -0.2) is 4.99 Å². The molecule has 4 rings (SSSR count). The molecular weight excluding hydrogens is 480 g/mol. The number of rotatable bonds is 8. The van der Waals surface area contributed by atoms with E-state index < -0.39 is 6.04 Å². The topological polar surface area (TPSA) is 112 Å². The summed E-state index contributed by atoms with van der Waals surface area (Å²) in [5.41, 5.74) is 1.82. The molecule has 1 atom stereocenters. The Labute approximate surface area is 224 Å². The fraction of sp³-hybridized carbons (Fsp3) is 0.448. The van der Waals surface area contributed by atoms with Crippen molar-refractivity contribution < 1.29 is 14.7 Å². The molecule has 0 radical (unpaired) electrons. The van der Waals surface area contributed by atoms with Crippen molar-refractivity contribution in [3.63, 3.8) is 0 Å². The van der Waals surface area contributed by atoms with Crippen LogP contribution in [-0.4, -0.2) is 76.3 Å². The molecule has 0 saturated carbocycles. The standard InChI is InChI=1S/C29H36N6O3/c30-22-31-29(32-25-13-6-7-18-34(28(25)38)21-27(37)33-16-8-9-17-33)35(19-15-23-10-2-1-3-11-23)20-24-12-4-5-14-26(24)36/h1-5,10-12,14,25,36H,6-9,13,15-21H2,(H,31,32). The highest BCUT2D eigenvalue weighted by Crippen LogP contribution is 2.20. The molecule has 200 valence electrons. The Morgan fingerprint density at radius 2 is 1.76 bits per heavy atom. The van der Waals surface area contributed by atoms with Crippen LogP contribution in [0.5, 0.6) is 5.75 Å². The first-order chi connectivity index (χ1) is 18.5. The zero-order chi connectivity index (χ0) is 26.7. The number of likely N-dealkylation sites (tertiary alicyclic amines) is 2. The van der Waals surface area contributed by atoms with Crippen LogP contribution in [0.2, 0.25) is 0 Å². The summed E-state index contributed by atoms with van der Waals surface area (Å²) in [4.78, 5) is 36.4. The third-order valence-corrected chi connectivity index (χ3v) is 7.15. The van der Waals surface area contributed by atoms with Crippen molar-refractivity contribution in [3.05, 3.63) is 65.7 Å². The zero-order valence-electron chi connectivity index (χ0n) is 21.8. The number of carbonyl (C=O) groups excluding carboxylic acids is 2. The van der Waals surface area contributed by atoms with Crippen molar-refractivity contribution in [2.75, 3.05) is 32.7 Å². The largest absolute Gasteiger partial charge is 0.508 e. The third kappa shape index (κ3) is 7.25. The van der Waals surface area contributed by atoms with Crippen LogP contribution >= 0.6 is 0 Å². The summed E-state index contributed by atoms with van der Waals surface area (Å²) in [7, 11) is 0. The van der Waals surface area contributed by atoms with Crippen LogP contribution < -0.4 is 5.32 Å². The second kappa shape index (κ2) is 13.5. The summed E-state index contributed by atoms with van der Waals surface area (Å²) >= 11 is 0. The molecule has 2 N–H and O–H groups in total. The maximum atomic E-state index is 13.5. The Morgan fingerprint density at radius 1 is 1.05 bits per heavy atom. The first-order valence-corrected chi connectivity index (χ1v) is 13.4. The molecule has 2 aliphatic rings. The van der Waals surface area contributed by atoms with Gasteiger partial charge in [-0.2, -0.15) is 5.26 Å². The van der Waals surface area contributed by atoms with Gasteiger partial charge in [0, 0.05) is 38.3 Å². The number of para-hydroxylation sites is 1. The Kier molecular flexibility index (Phi) is 9.57. The van der Waals surface area contributed by atoms with Crippen LogP contribution in [0, 0.1) is 11.5 Å². The quantitative estimate of drug-likeness (QED) is 0.242. The molecule has 38 heavy (non-hydrogen) atoms. The first-order valence-electron chi connectivity index (χ1n) is 13.4. The summed E-state index contributed by atoms with van der Waals surface area (Å²) in [6.07, 6.45) is 6.84. The van der Waals surface area contributed by atoms with Crippen molar-refractivity contribution in [1.82, 2.24) is 20.0 Å². The zero-order valence-corrected chi connectivity index (χ0v) is 21.8. The van der Waals surface area contributed by atoms with E-state index in [2.05, 4.69) is 5.32 Å². The number of nitrogens with zero attached hydrogens (tertiary/aromatic N) is 5. The lowest BCUT2D eigenvalue weighted by Crippen LogP contribution is -2.46. The minimum atomic E-state index is -0.691. The SMILES string of the molecule is N#CNC(=NC1CCCCN(CC(=O)N2CCCC2)C1=O)N(CCc1ccccc1)Cc1ccccc1O. The van der Waals surface area contributed by atoms with Crippen molar-refractivity contribution in [2.24, 2.45) is 4.99 Å². The van der Waals surface area contributed by atoms with Gasteiger partial charge in [0.2, 0.25) is 17.8 Å². The van der Waals surface area contributed by atoms with Crippen LogP contribution in [-0.2, 0) is 22.6 Å². The molecule has 1 unspecified atom stereocenters. The Hall–Kier alpha value is -4.06. The van der Waals surface area contributed by atoms with Crippen LogP contribution in [0.1, 0.15) is 43.2 Å². The first kappa shape index (κ1) is 27.0. The average Bonchev–Trinajstić information content (AvgIpc) is 3.42. The molecule has 2 heterocycles. The fourth-order valence-electron chi connectivity index (χ4n) is 5.00. The van der Waals surface area contributed by atoms with Crippen LogP contribution in [0.3, 0.4) is 0 Å². The van der Waals surface area contributed by atoms with E-state index in [0.717, 1.165) is 44.3 Å². The number of nitriles is 1. The van der Waals surface area contributed by atoms with Crippen molar-refractivity contribution in [2.45, 2.75) is 51.1 Å². The Bertz CT molecular complexity index is 1160. The molecule has 0 aliphatic carbocycles. The lowest BCUT2D eigenvalue weighted by molar-refractivity contribution is -0.140. The predicted molar refractivity (Wildman–Crippen MR) is 145 cm³/mol. The fourth-order valence-corrected chi connectivity index (χ4v) is 5.00. The van der Waals surface area contributed by atoms with Gasteiger partial charge in [-0.05, 0) is 50.2 Å². The minimum Gasteiger partial charge on any atom is -0.508 e. The summed E-state index contributed by atoms with van der Waals surface area (Å²) in [6.45, 7) is 2.93. The van der Waals surface area contributed by atoms with Gasteiger partial charge in [0.25, 0.3) is 0 Å². The lowest BCUT2D eigenvalue weighted by atomic mass is 10.1.